The van der Waals surface area contributed by atoms with Gasteiger partial charge in [-0.3, -0.25) is 9.88 Å². The third-order valence-corrected chi connectivity index (χ3v) is 7.02. The first-order valence-corrected chi connectivity index (χ1v) is 10.8. The Morgan fingerprint density at radius 2 is 1.57 bits per heavy atom. The summed E-state index contributed by atoms with van der Waals surface area (Å²) in [5.41, 5.74) is 1.33. The zero-order chi connectivity index (χ0) is 20.0. The maximum atomic E-state index is 13.7. The van der Waals surface area contributed by atoms with E-state index in [4.69, 9.17) is 9.05 Å². The van der Waals surface area contributed by atoms with E-state index >= 15 is 0 Å². The minimum Gasteiger partial charge on any atom is -0.312 e. The van der Waals surface area contributed by atoms with Crippen LogP contribution < -0.4 is 5.32 Å². The summed E-state index contributed by atoms with van der Waals surface area (Å²) < 4.78 is 37.0. The van der Waals surface area contributed by atoms with Crippen molar-refractivity contribution in [2.24, 2.45) is 0 Å². The Morgan fingerprint density at radius 1 is 1.04 bits per heavy atom. The van der Waals surface area contributed by atoms with Gasteiger partial charge in [-0.2, -0.15) is 0 Å². The Labute approximate surface area is 165 Å². The van der Waals surface area contributed by atoms with E-state index in [1.807, 2.05) is 60.7 Å². The summed E-state index contributed by atoms with van der Waals surface area (Å²) in [5, 5.41) is 3.62. The molecule has 0 heterocycles. The maximum absolute atomic E-state index is 13.7. The molecule has 0 saturated carbocycles. The van der Waals surface area contributed by atoms with Gasteiger partial charge in [-0.15, -0.1) is 0 Å². The molecule has 0 aromatic heterocycles. The number of benzene rings is 2. The van der Waals surface area contributed by atoms with Crippen molar-refractivity contribution >= 4 is 7.60 Å². The van der Waals surface area contributed by atoms with E-state index in [0.29, 0.717) is 6.42 Å². The van der Waals surface area contributed by atoms with Crippen molar-refractivity contribution in [1.82, 2.24) is 5.32 Å². The van der Waals surface area contributed by atoms with E-state index in [-0.39, 0.29) is 18.0 Å². The van der Waals surface area contributed by atoms with Crippen LogP contribution in [0.1, 0.15) is 23.6 Å². The van der Waals surface area contributed by atoms with Crippen LogP contribution in [-0.2, 0) is 13.6 Å². The van der Waals surface area contributed by atoms with Crippen LogP contribution in [-0.4, -0.2) is 25.9 Å². The van der Waals surface area contributed by atoms with E-state index in [1.165, 1.54) is 26.4 Å². The van der Waals surface area contributed by atoms with Gasteiger partial charge in [-0.25, -0.2) is 4.39 Å². The highest BCUT2D eigenvalue weighted by atomic mass is 31.2. The second-order valence-corrected chi connectivity index (χ2v) is 9.08. The summed E-state index contributed by atoms with van der Waals surface area (Å²) in [4.78, 5) is 0. The van der Waals surface area contributed by atoms with Crippen LogP contribution in [0.25, 0.3) is 0 Å². The molecule has 0 radical (unpaired) electrons. The fourth-order valence-corrected chi connectivity index (χ4v) is 4.84. The van der Waals surface area contributed by atoms with Crippen molar-refractivity contribution in [3.63, 3.8) is 0 Å². The second kappa shape index (κ2) is 8.97. The summed E-state index contributed by atoms with van der Waals surface area (Å²) in [6.07, 6.45) is 5.05. The molecule has 1 atom stereocenters. The lowest BCUT2D eigenvalue weighted by Crippen LogP contribution is -2.49. The minimum absolute atomic E-state index is 0.0868. The largest absolute Gasteiger partial charge is 0.332 e. The molecule has 148 valence electrons. The van der Waals surface area contributed by atoms with Gasteiger partial charge in [0.15, 0.2) is 0 Å². The van der Waals surface area contributed by atoms with Crippen LogP contribution in [0.15, 0.2) is 84.7 Å². The number of nitrogens with one attached hydrogen (secondary N) is 1. The van der Waals surface area contributed by atoms with Crippen LogP contribution >= 0.6 is 7.60 Å². The molecule has 0 spiro atoms. The molecular weight excluding hydrogens is 376 g/mol. The van der Waals surface area contributed by atoms with E-state index in [0.717, 1.165) is 11.1 Å². The topological polar surface area (TPSA) is 47.6 Å². The van der Waals surface area contributed by atoms with E-state index in [9.17, 15) is 8.96 Å². The number of hydrogen-bond acceptors (Lipinski definition) is 4. The lowest BCUT2D eigenvalue weighted by molar-refractivity contribution is 0.261. The average molecular weight is 401 g/mol. The van der Waals surface area contributed by atoms with Crippen molar-refractivity contribution in [2.75, 3.05) is 20.4 Å². The van der Waals surface area contributed by atoms with Crippen molar-refractivity contribution in [3.05, 3.63) is 95.8 Å². The van der Waals surface area contributed by atoms with Crippen molar-refractivity contribution < 1.29 is 18.0 Å². The van der Waals surface area contributed by atoms with Gasteiger partial charge in [0.05, 0.1) is 17.7 Å². The van der Waals surface area contributed by atoms with Crippen molar-refractivity contribution in [2.45, 2.75) is 18.0 Å². The molecule has 1 aliphatic rings. The Hall–Kier alpha value is -2.04. The molecule has 2 aromatic rings. The predicted octanol–water partition coefficient (Wildman–Crippen LogP) is 5.40. The van der Waals surface area contributed by atoms with Gasteiger partial charge in [0, 0.05) is 14.2 Å². The zero-order valence-corrected chi connectivity index (χ0v) is 16.9. The molecule has 4 nitrogen and oxygen atoms in total. The Balaban J connectivity index is 2.01. The van der Waals surface area contributed by atoms with Gasteiger partial charge >= 0.3 is 7.60 Å². The average Bonchev–Trinajstić information content (AvgIpc) is 2.75. The Kier molecular flexibility index (Phi) is 6.63. The minimum atomic E-state index is -3.34. The second-order valence-electron chi connectivity index (χ2n) is 6.82. The molecule has 1 N–H and O–H groups in total. The summed E-state index contributed by atoms with van der Waals surface area (Å²) in [6.45, 7) is 0. The van der Waals surface area contributed by atoms with Crippen molar-refractivity contribution in [1.29, 1.82) is 0 Å². The van der Waals surface area contributed by atoms with Crippen LogP contribution in [0.2, 0.25) is 0 Å². The summed E-state index contributed by atoms with van der Waals surface area (Å²) in [6, 6.07) is 19.8. The highest BCUT2D eigenvalue weighted by molar-refractivity contribution is 7.53. The van der Waals surface area contributed by atoms with Gasteiger partial charge in [0.1, 0.15) is 5.83 Å². The fourth-order valence-electron chi connectivity index (χ4n) is 3.41. The number of rotatable bonds is 8. The van der Waals surface area contributed by atoms with Gasteiger partial charge in [0.25, 0.3) is 0 Å². The maximum Gasteiger partial charge on any atom is 0.332 e. The molecule has 0 aliphatic heterocycles. The zero-order valence-electron chi connectivity index (χ0n) is 16.0. The standard InChI is InChI=1S/C22H25FNO3P/c1-26-28(25,27-2)17-22(15-13-20(23)14-16-22)24-21(18-9-5-3-6-10-18)19-11-7-4-8-12-19/h3-15,21,24H,16-17H2,1-2H3/t22-/m0/s1. The highest BCUT2D eigenvalue weighted by Gasteiger charge is 2.40. The van der Waals surface area contributed by atoms with E-state index in [2.05, 4.69) is 5.32 Å². The SMILES string of the molecule is COP(=O)(C[C@]1(NC(c2ccccc2)c2ccccc2)C=CC(F)=CC1)OC. The smallest absolute Gasteiger partial charge is 0.312 e. The van der Waals surface area contributed by atoms with Crippen molar-refractivity contribution in [3.8, 4) is 0 Å². The predicted molar refractivity (Wildman–Crippen MR) is 110 cm³/mol. The molecule has 0 fully saturated rings. The number of hydrogen-bond donors (Lipinski definition) is 1. The molecule has 6 heteroatoms. The van der Waals surface area contributed by atoms with Crippen LogP contribution in [0.3, 0.4) is 0 Å². The van der Waals surface area contributed by atoms with Crippen LogP contribution in [0.4, 0.5) is 4.39 Å². The van der Waals surface area contributed by atoms with E-state index in [1.54, 1.807) is 6.08 Å². The lowest BCUT2D eigenvalue weighted by Gasteiger charge is -2.38. The first-order valence-electron chi connectivity index (χ1n) is 9.12. The highest BCUT2D eigenvalue weighted by Crippen LogP contribution is 2.51. The quantitative estimate of drug-likeness (QED) is 0.602. The molecule has 2 aromatic carbocycles. The van der Waals surface area contributed by atoms with Crippen LogP contribution in [0.5, 0.6) is 0 Å². The molecule has 0 amide bonds. The normalized spacial score (nSPS) is 19.6. The molecular formula is C22H25FNO3P. The van der Waals surface area contributed by atoms with Crippen LogP contribution in [0, 0.1) is 0 Å². The van der Waals surface area contributed by atoms with Gasteiger partial charge in [-0.1, -0.05) is 66.7 Å². The molecule has 0 saturated heterocycles. The number of halogens is 1. The molecule has 28 heavy (non-hydrogen) atoms. The monoisotopic (exact) mass is 401 g/mol. The lowest BCUT2D eigenvalue weighted by atomic mass is 9.89. The first-order chi connectivity index (χ1) is 13.5. The summed E-state index contributed by atoms with van der Waals surface area (Å²) >= 11 is 0. The van der Waals surface area contributed by atoms with E-state index < -0.39 is 13.1 Å². The van der Waals surface area contributed by atoms with Gasteiger partial charge in [-0.05, 0) is 29.7 Å². The molecule has 3 rings (SSSR count). The Morgan fingerprint density at radius 3 is 2.00 bits per heavy atom. The molecule has 0 bridgehead atoms. The molecule has 0 unspecified atom stereocenters. The summed E-state index contributed by atoms with van der Waals surface area (Å²) in [7, 11) is -0.604. The third-order valence-electron chi connectivity index (χ3n) is 4.95. The van der Waals surface area contributed by atoms with Gasteiger partial charge < -0.3 is 9.05 Å². The van der Waals surface area contributed by atoms with Gasteiger partial charge in [0.2, 0.25) is 0 Å². The Bertz CT molecular complexity index is 838. The third kappa shape index (κ3) is 4.86. The summed E-state index contributed by atoms with van der Waals surface area (Å²) in [5.74, 6) is -0.307. The first kappa shape index (κ1) is 20.7. The fraction of sp³-hybridized carbons (Fsp3) is 0.273. The number of allylic oxidation sites excluding steroid dienone is 2. The molecule has 1 aliphatic carbocycles.